The second-order valence-corrected chi connectivity index (χ2v) is 7.44. The first kappa shape index (κ1) is 18.8. The van der Waals surface area contributed by atoms with Crippen molar-refractivity contribution in [1.82, 2.24) is 14.9 Å². The number of sulfonamides is 1. The highest BCUT2D eigenvalue weighted by molar-refractivity contribution is 7.89. The summed E-state index contributed by atoms with van der Waals surface area (Å²) >= 11 is 0. The van der Waals surface area contributed by atoms with E-state index >= 15 is 0 Å². The van der Waals surface area contributed by atoms with E-state index in [9.17, 15) is 8.42 Å². The van der Waals surface area contributed by atoms with Crippen LogP contribution in [0.2, 0.25) is 0 Å². The van der Waals surface area contributed by atoms with Gasteiger partial charge in [-0.2, -0.15) is 0 Å². The van der Waals surface area contributed by atoms with Crippen LogP contribution in [0.5, 0.6) is 0 Å². The second-order valence-electron chi connectivity index (χ2n) is 5.51. The number of rotatable bonds is 11. The van der Waals surface area contributed by atoms with Crippen molar-refractivity contribution in [3.63, 3.8) is 0 Å². The van der Waals surface area contributed by atoms with Crippen molar-refractivity contribution in [2.24, 2.45) is 0 Å². The topological polar surface area (TPSA) is 70.7 Å². The monoisotopic (exact) mass is 321 g/mol. The largest absolute Gasteiger partial charge is 0.374 e. The van der Waals surface area contributed by atoms with Gasteiger partial charge in [-0.1, -0.05) is 13.8 Å². The zero-order valence-corrected chi connectivity index (χ0v) is 14.3. The molecule has 0 amide bonds. The standard InChI is InChI=1S/C14H31N3O3S/c1-3-7-15-8-5-6-11-21(18,19)16-12-14-13-17(4-2)9-10-20-14/h14-16H,3-13H2,1-2H3. The van der Waals surface area contributed by atoms with Gasteiger partial charge in [-0.25, -0.2) is 13.1 Å². The Morgan fingerprint density at radius 3 is 2.76 bits per heavy atom. The molecule has 0 spiro atoms. The first-order chi connectivity index (χ1) is 10.1. The third-order valence-corrected chi connectivity index (χ3v) is 5.08. The quantitative estimate of drug-likeness (QED) is 0.539. The van der Waals surface area contributed by atoms with Gasteiger partial charge in [0.15, 0.2) is 0 Å². The molecule has 1 unspecified atom stereocenters. The average Bonchev–Trinajstić information content (AvgIpc) is 2.49. The van der Waals surface area contributed by atoms with Crippen molar-refractivity contribution < 1.29 is 13.2 Å². The predicted molar refractivity (Wildman–Crippen MR) is 86.0 cm³/mol. The summed E-state index contributed by atoms with van der Waals surface area (Å²) < 4.78 is 32.1. The average molecular weight is 321 g/mol. The lowest BCUT2D eigenvalue weighted by Gasteiger charge is -2.32. The molecular weight excluding hydrogens is 290 g/mol. The molecule has 2 N–H and O–H groups in total. The molecule has 0 aliphatic carbocycles. The summed E-state index contributed by atoms with van der Waals surface area (Å²) in [5.74, 6) is 0.199. The molecule has 126 valence electrons. The summed E-state index contributed by atoms with van der Waals surface area (Å²) in [4.78, 5) is 2.28. The van der Waals surface area contributed by atoms with Gasteiger partial charge < -0.3 is 10.1 Å². The van der Waals surface area contributed by atoms with E-state index in [-0.39, 0.29) is 11.9 Å². The number of ether oxygens (including phenoxy) is 1. The van der Waals surface area contributed by atoms with Gasteiger partial charge in [0.05, 0.1) is 18.5 Å². The molecule has 0 aromatic heterocycles. The molecule has 7 heteroatoms. The number of morpholine rings is 1. The van der Waals surface area contributed by atoms with Crippen molar-refractivity contribution >= 4 is 10.0 Å². The van der Waals surface area contributed by atoms with E-state index in [4.69, 9.17) is 4.74 Å². The Balaban J connectivity index is 2.14. The minimum Gasteiger partial charge on any atom is -0.374 e. The molecule has 1 aliphatic heterocycles. The van der Waals surface area contributed by atoms with Gasteiger partial charge in [-0.05, 0) is 38.9 Å². The fraction of sp³-hybridized carbons (Fsp3) is 1.00. The Kier molecular flexibility index (Phi) is 9.42. The van der Waals surface area contributed by atoms with Gasteiger partial charge in [0.1, 0.15) is 0 Å². The molecule has 1 rings (SSSR count). The molecule has 1 aliphatic rings. The zero-order valence-electron chi connectivity index (χ0n) is 13.4. The van der Waals surface area contributed by atoms with Gasteiger partial charge in [0, 0.05) is 19.6 Å². The van der Waals surface area contributed by atoms with Crippen LogP contribution in [0.4, 0.5) is 0 Å². The number of nitrogens with zero attached hydrogens (tertiary/aromatic N) is 1. The van der Waals surface area contributed by atoms with E-state index in [1.54, 1.807) is 0 Å². The summed E-state index contributed by atoms with van der Waals surface area (Å²) in [5, 5.41) is 3.28. The highest BCUT2D eigenvalue weighted by Crippen LogP contribution is 2.04. The van der Waals surface area contributed by atoms with Crippen LogP contribution in [-0.2, 0) is 14.8 Å². The summed E-state index contributed by atoms with van der Waals surface area (Å²) in [6.45, 7) is 9.91. The Labute approximate surface area is 129 Å². The van der Waals surface area contributed by atoms with Gasteiger partial charge >= 0.3 is 0 Å². The van der Waals surface area contributed by atoms with Crippen molar-refractivity contribution in [2.45, 2.75) is 39.2 Å². The molecule has 6 nitrogen and oxygen atoms in total. The maximum absolute atomic E-state index is 11.9. The van der Waals surface area contributed by atoms with E-state index in [1.165, 1.54) is 0 Å². The minimum absolute atomic E-state index is 0.0281. The van der Waals surface area contributed by atoms with Crippen molar-refractivity contribution in [2.75, 3.05) is 51.6 Å². The molecule has 1 heterocycles. The van der Waals surface area contributed by atoms with Gasteiger partial charge in [-0.3, -0.25) is 4.90 Å². The van der Waals surface area contributed by atoms with Crippen LogP contribution < -0.4 is 10.0 Å². The van der Waals surface area contributed by atoms with Crippen LogP contribution in [0.25, 0.3) is 0 Å². The van der Waals surface area contributed by atoms with E-state index in [2.05, 4.69) is 28.8 Å². The minimum atomic E-state index is -3.17. The fourth-order valence-electron chi connectivity index (χ4n) is 2.33. The van der Waals surface area contributed by atoms with E-state index < -0.39 is 10.0 Å². The molecule has 0 aromatic carbocycles. The molecule has 0 radical (unpaired) electrons. The highest BCUT2D eigenvalue weighted by atomic mass is 32.2. The second kappa shape index (κ2) is 10.5. The van der Waals surface area contributed by atoms with Gasteiger partial charge in [0.25, 0.3) is 0 Å². The summed E-state index contributed by atoms with van der Waals surface area (Å²) in [7, 11) is -3.17. The molecular formula is C14H31N3O3S. The number of hydrogen-bond donors (Lipinski definition) is 2. The SMILES string of the molecule is CCCNCCCCS(=O)(=O)NCC1CN(CC)CCO1. The van der Waals surface area contributed by atoms with E-state index in [1.807, 2.05) is 0 Å². The molecule has 0 bridgehead atoms. The van der Waals surface area contributed by atoms with Crippen LogP contribution in [0.1, 0.15) is 33.1 Å². The molecule has 1 saturated heterocycles. The van der Waals surface area contributed by atoms with E-state index in [0.717, 1.165) is 45.6 Å². The molecule has 0 aromatic rings. The van der Waals surface area contributed by atoms with Crippen LogP contribution >= 0.6 is 0 Å². The number of hydrogen-bond acceptors (Lipinski definition) is 5. The number of unbranched alkanes of at least 4 members (excludes halogenated alkanes) is 1. The van der Waals surface area contributed by atoms with Crippen LogP contribution in [-0.4, -0.2) is 71.0 Å². The van der Waals surface area contributed by atoms with Crippen molar-refractivity contribution in [3.8, 4) is 0 Å². The molecule has 1 atom stereocenters. The van der Waals surface area contributed by atoms with Crippen molar-refractivity contribution in [3.05, 3.63) is 0 Å². The van der Waals surface area contributed by atoms with Gasteiger partial charge in [-0.15, -0.1) is 0 Å². The Morgan fingerprint density at radius 1 is 1.24 bits per heavy atom. The highest BCUT2D eigenvalue weighted by Gasteiger charge is 2.21. The molecule has 1 fully saturated rings. The van der Waals surface area contributed by atoms with Gasteiger partial charge in [0.2, 0.25) is 10.0 Å². The number of likely N-dealkylation sites (N-methyl/N-ethyl adjacent to an activating group) is 1. The first-order valence-electron chi connectivity index (χ1n) is 8.09. The summed E-state index contributed by atoms with van der Waals surface area (Å²) in [5.41, 5.74) is 0. The maximum Gasteiger partial charge on any atom is 0.211 e. The molecule has 0 saturated carbocycles. The summed E-state index contributed by atoms with van der Waals surface area (Å²) in [6, 6.07) is 0. The fourth-order valence-corrected chi connectivity index (χ4v) is 3.50. The number of nitrogens with one attached hydrogen (secondary N) is 2. The lowest BCUT2D eigenvalue weighted by Crippen LogP contribution is -2.47. The smallest absolute Gasteiger partial charge is 0.211 e. The van der Waals surface area contributed by atoms with Crippen molar-refractivity contribution in [1.29, 1.82) is 0 Å². The normalized spacial score (nSPS) is 20.8. The Hall–Kier alpha value is -0.210. The lowest BCUT2D eigenvalue weighted by atomic mass is 10.3. The van der Waals surface area contributed by atoms with Crippen LogP contribution in [0.3, 0.4) is 0 Å². The Morgan fingerprint density at radius 2 is 2.05 bits per heavy atom. The lowest BCUT2D eigenvalue weighted by molar-refractivity contribution is -0.0229. The predicted octanol–water partition coefficient (Wildman–Crippen LogP) is 0.406. The zero-order chi connectivity index (χ0) is 15.6. The van der Waals surface area contributed by atoms with Crippen LogP contribution in [0.15, 0.2) is 0 Å². The third kappa shape index (κ3) is 8.73. The Bertz CT molecular complexity index is 362. The third-order valence-electron chi connectivity index (χ3n) is 3.64. The van der Waals surface area contributed by atoms with E-state index in [0.29, 0.717) is 19.6 Å². The molecule has 21 heavy (non-hydrogen) atoms. The first-order valence-corrected chi connectivity index (χ1v) is 9.74. The maximum atomic E-state index is 11.9. The summed E-state index contributed by atoms with van der Waals surface area (Å²) in [6.07, 6.45) is 2.67. The van der Waals surface area contributed by atoms with Crippen LogP contribution in [0, 0.1) is 0 Å².